The Morgan fingerprint density at radius 3 is 2.77 bits per heavy atom. The smallest absolute Gasteiger partial charge is 0.321 e. The van der Waals surface area contributed by atoms with Crippen molar-refractivity contribution in [2.45, 2.75) is 38.1 Å². The number of hydrogen-bond acceptors (Lipinski definition) is 2. The van der Waals surface area contributed by atoms with Gasteiger partial charge in [0, 0.05) is 25.3 Å². The van der Waals surface area contributed by atoms with Crippen LogP contribution < -0.4 is 5.32 Å². The first-order chi connectivity index (χ1) is 10.7. The van der Waals surface area contributed by atoms with E-state index in [1.807, 2.05) is 42.3 Å². The van der Waals surface area contributed by atoms with Crippen LogP contribution in [0.5, 0.6) is 0 Å². The molecule has 2 amide bonds. The Hall–Kier alpha value is -1.55. The minimum Gasteiger partial charge on any atom is -0.327 e. The molecule has 2 unspecified atom stereocenters. The van der Waals surface area contributed by atoms with Gasteiger partial charge in [-0.2, -0.15) is 0 Å². The lowest BCUT2D eigenvalue weighted by Gasteiger charge is -2.45. The van der Waals surface area contributed by atoms with Gasteiger partial charge in [0.05, 0.1) is 0 Å². The van der Waals surface area contributed by atoms with Crippen molar-refractivity contribution in [2.24, 2.45) is 5.92 Å². The van der Waals surface area contributed by atoms with E-state index in [9.17, 15) is 4.79 Å². The third kappa shape index (κ3) is 3.61. The summed E-state index contributed by atoms with van der Waals surface area (Å²) >= 11 is 0. The normalized spacial score (nSPS) is 25.3. The fourth-order valence-electron chi connectivity index (χ4n) is 3.97. The number of nitrogens with one attached hydrogen (secondary N) is 1. The molecule has 0 saturated carbocycles. The monoisotopic (exact) mass is 301 g/mol. The molecule has 1 aromatic rings. The average Bonchev–Trinajstić information content (AvgIpc) is 2.56. The summed E-state index contributed by atoms with van der Waals surface area (Å²) in [6.07, 6.45) is 6.52. The van der Waals surface area contributed by atoms with Crippen molar-refractivity contribution in [2.75, 3.05) is 32.0 Å². The Morgan fingerprint density at radius 1 is 1.18 bits per heavy atom. The lowest BCUT2D eigenvalue weighted by atomic mass is 9.83. The van der Waals surface area contributed by atoms with Crippen molar-refractivity contribution >= 4 is 11.7 Å². The highest BCUT2D eigenvalue weighted by Crippen LogP contribution is 2.31. The summed E-state index contributed by atoms with van der Waals surface area (Å²) < 4.78 is 0. The molecule has 0 radical (unpaired) electrons. The van der Waals surface area contributed by atoms with E-state index in [1.165, 1.54) is 45.2 Å². The van der Waals surface area contributed by atoms with E-state index >= 15 is 0 Å². The number of piperidine rings is 2. The van der Waals surface area contributed by atoms with Crippen LogP contribution in [0.2, 0.25) is 0 Å². The highest BCUT2D eigenvalue weighted by Gasteiger charge is 2.33. The molecule has 0 bridgehead atoms. The maximum atomic E-state index is 12.3. The van der Waals surface area contributed by atoms with Crippen molar-refractivity contribution in [3.63, 3.8) is 0 Å². The number of carbonyl (C=O) groups is 1. The third-order valence-electron chi connectivity index (χ3n) is 5.11. The molecule has 0 aliphatic carbocycles. The summed E-state index contributed by atoms with van der Waals surface area (Å²) in [5.41, 5.74) is 0.863. The van der Waals surface area contributed by atoms with E-state index in [1.54, 1.807) is 0 Å². The van der Waals surface area contributed by atoms with Crippen LogP contribution in [0.4, 0.5) is 10.5 Å². The van der Waals surface area contributed by atoms with Crippen LogP contribution >= 0.6 is 0 Å². The third-order valence-corrected chi connectivity index (χ3v) is 5.11. The molecule has 1 aromatic carbocycles. The molecule has 2 saturated heterocycles. The van der Waals surface area contributed by atoms with E-state index in [-0.39, 0.29) is 6.03 Å². The zero-order valence-corrected chi connectivity index (χ0v) is 13.5. The van der Waals surface area contributed by atoms with Crippen molar-refractivity contribution in [3.05, 3.63) is 30.3 Å². The van der Waals surface area contributed by atoms with Crippen LogP contribution in [0.25, 0.3) is 0 Å². The Bertz CT molecular complexity index is 488. The molecule has 3 rings (SSSR count). The Balaban J connectivity index is 1.56. The van der Waals surface area contributed by atoms with Crippen LogP contribution in [-0.2, 0) is 0 Å². The van der Waals surface area contributed by atoms with Gasteiger partial charge in [-0.1, -0.05) is 24.6 Å². The molecule has 2 aliphatic rings. The van der Waals surface area contributed by atoms with Crippen LogP contribution in [0, 0.1) is 5.92 Å². The van der Waals surface area contributed by atoms with Gasteiger partial charge in [-0.05, 0) is 56.8 Å². The Labute approximate surface area is 133 Å². The van der Waals surface area contributed by atoms with Crippen LogP contribution in [0.3, 0.4) is 0 Å². The summed E-state index contributed by atoms with van der Waals surface area (Å²) in [6, 6.07) is 10.4. The van der Waals surface area contributed by atoms with E-state index < -0.39 is 0 Å². The van der Waals surface area contributed by atoms with Crippen molar-refractivity contribution in [1.29, 1.82) is 0 Å². The molecular formula is C18H27N3O. The molecule has 2 heterocycles. The van der Waals surface area contributed by atoms with E-state index in [4.69, 9.17) is 0 Å². The zero-order chi connectivity index (χ0) is 15.4. The van der Waals surface area contributed by atoms with Gasteiger partial charge < -0.3 is 15.1 Å². The maximum Gasteiger partial charge on any atom is 0.321 e. The summed E-state index contributed by atoms with van der Waals surface area (Å²) in [7, 11) is 1.92. The van der Waals surface area contributed by atoms with E-state index in [0.717, 1.165) is 12.2 Å². The SMILES string of the molecule is CN(CC1CCCN2CCCCC12)C(=O)Nc1ccccc1. The lowest BCUT2D eigenvalue weighted by Crippen LogP contribution is -2.51. The largest absolute Gasteiger partial charge is 0.327 e. The number of anilines is 1. The zero-order valence-electron chi connectivity index (χ0n) is 13.5. The number of fused-ring (bicyclic) bond motifs is 1. The van der Waals surface area contributed by atoms with Crippen molar-refractivity contribution < 1.29 is 4.79 Å². The number of rotatable bonds is 3. The molecule has 4 heteroatoms. The summed E-state index contributed by atoms with van der Waals surface area (Å²) in [6.45, 7) is 3.36. The summed E-state index contributed by atoms with van der Waals surface area (Å²) in [5.74, 6) is 0.626. The quantitative estimate of drug-likeness (QED) is 0.928. The first-order valence-corrected chi connectivity index (χ1v) is 8.55. The van der Waals surface area contributed by atoms with Gasteiger partial charge >= 0.3 is 6.03 Å². The Kier molecular flexibility index (Phi) is 4.98. The summed E-state index contributed by atoms with van der Waals surface area (Å²) in [4.78, 5) is 16.9. The number of para-hydroxylation sites is 1. The molecule has 4 nitrogen and oxygen atoms in total. The second-order valence-corrected chi connectivity index (χ2v) is 6.68. The number of urea groups is 1. The van der Waals surface area contributed by atoms with Gasteiger partial charge in [0.2, 0.25) is 0 Å². The van der Waals surface area contributed by atoms with Gasteiger partial charge in [0.25, 0.3) is 0 Å². The summed E-state index contributed by atoms with van der Waals surface area (Å²) in [5, 5.41) is 2.98. The average molecular weight is 301 g/mol. The fraction of sp³-hybridized carbons (Fsp3) is 0.611. The van der Waals surface area contributed by atoms with Gasteiger partial charge in [0.15, 0.2) is 0 Å². The molecule has 22 heavy (non-hydrogen) atoms. The predicted octanol–water partition coefficient (Wildman–Crippen LogP) is 3.41. The molecule has 2 aliphatic heterocycles. The van der Waals surface area contributed by atoms with Crippen LogP contribution in [-0.4, -0.2) is 48.6 Å². The predicted molar refractivity (Wildman–Crippen MR) is 90.0 cm³/mol. The first-order valence-electron chi connectivity index (χ1n) is 8.55. The van der Waals surface area contributed by atoms with E-state index in [2.05, 4.69) is 10.2 Å². The first kappa shape index (κ1) is 15.3. The molecule has 2 atom stereocenters. The second kappa shape index (κ2) is 7.14. The maximum absolute atomic E-state index is 12.3. The highest BCUT2D eigenvalue weighted by atomic mass is 16.2. The Morgan fingerprint density at radius 2 is 1.95 bits per heavy atom. The van der Waals surface area contributed by atoms with Crippen molar-refractivity contribution in [3.8, 4) is 0 Å². The number of hydrogen-bond donors (Lipinski definition) is 1. The van der Waals surface area contributed by atoms with Crippen molar-refractivity contribution in [1.82, 2.24) is 9.80 Å². The molecule has 0 spiro atoms. The number of nitrogens with zero attached hydrogens (tertiary/aromatic N) is 2. The number of carbonyl (C=O) groups excluding carboxylic acids is 1. The molecule has 120 valence electrons. The second-order valence-electron chi connectivity index (χ2n) is 6.68. The van der Waals surface area contributed by atoms with Crippen LogP contribution in [0.1, 0.15) is 32.1 Å². The van der Waals surface area contributed by atoms with E-state index in [0.29, 0.717) is 12.0 Å². The molecule has 1 N–H and O–H groups in total. The van der Waals surface area contributed by atoms with Gasteiger partial charge in [-0.25, -0.2) is 4.79 Å². The van der Waals surface area contributed by atoms with Gasteiger partial charge in [-0.15, -0.1) is 0 Å². The topological polar surface area (TPSA) is 35.6 Å². The number of benzene rings is 1. The fourth-order valence-corrected chi connectivity index (χ4v) is 3.97. The van der Waals surface area contributed by atoms with Gasteiger partial charge in [0.1, 0.15) is 0 Å². The minimum atomic E-state index is -0.000803. The molecule has 0 aromatic heterocycles. The molecule has 2 fully saturated rings. The van der Waals surface area contributed by atoms with Gasteiger partial charge in [-0.3, -0.25) is 0 Å². The lowest BCUT2D eigenvalue weighted by molar-refractivity contribution is 0.0495. The van der Waals surface area contributed by atoms with Crippen LogP contribution in [0.15, 0.2) is 30.3 Å². The minimum absolute atomic E-state index is 0.000803. The number of amides is 2. The molecular weight excluding hydrogens is 274 g/mol. The highest BCUT2D eigenvalue weighted by molar-refractivity contribution is 5.89. The standard InChI is InChI=1S/C18H27N3O/c1-20(18(22)19-16-9-3-2-4-10-16)14-15-8-7-13-21-12-6-5-11-17(15)21/h2-4,9-10,15,17H,5-8,11-14H2,1H3,(H,19,22).